The molecule has 3 aromatic carbocycles. The van der Waals surface area contributed by atoms with E-state index in [0.29, 0.717) is 4.31 Å². The average Bonchev–Trinajstić information content (AvgIpc) is 3.17. The highest BCUT2D eigenvalue weighted by Gasteiger charge is 2.43. The summed E-state index contributed by atoms with van der Waals surface area (Å²) in [6, 6.07) is 19.7. The lowest BCUT2D eigenvalue weighted by Gasteiger charge is -2.34. The summed E-state index contributed by atoms with van der Waals surface area (Å²) >= 11 is 0. The van der Waals surface area contributed by atoms with Crippen molar-refractivity contribution in [2.45, 2.75) is 62.0 Å². The molecule has 1 fully saturated rings. The molecule has 0 radical (unpaired) electrons. The van der Waals surface area contributed by atoms with Crippen molar-refractivity contribution in [1.29, 1.82) is 0 Å². The van der Waals surface area contributed by atoms with Crippen LogP contribution in [0.15, 0.2) is 83.8 Å². The van der Waals surface area contributed by atoms with Crippen LogP contribution in [0.3, 0.4) is 0 Å². The van der Waals surface area contributed by atoms with E-state index in [2.05, 4.69) is 5.32 Å². The standard InChI is InChI=1S/C31H32FN3O5S/c32-26-17-9-7-13-23(26)20-34(29(36)21-35-31(38)25-16-8-10-18-28(25)41(35,39)40)27(19-22-11-3-1-4-12-22)30(37)33-24-14-5-2-6-15-24/h1,3-4,7-13,16-18,24,27H,2,5-6,14-15,19-21H2,(H,33,37). The van der Waals surface area contributed by atoms with Gasteiger partial charge in [0, 0.05) is 24.6 Å². The van der Waals surface area contributed by atoms with E-state index in [1.54, 1.807) is 12.1 Å². The van der Waals surface area contributed by atoms with Crippen LogP contribution in [-0.4, -0.2) is 54.0 Å². The quantitative estimate of drug-likeness (QED) is 0.413. The van der Waals surface area contributed by atoms with Gasteiger partial charge in [0.05, 0.1) is 5.56 Å². The fourth-order valence-corrected chi connectivity index (χ4v) is 7.03. The van der Waals surface area contributed by atoms with Gasteiger partial charge in [-0.3, -0.25) is 14.4 Å². The zero-order valence-electron chi connectivity index (χ0n) is 22.5. The number of nitrogens with one attached hydrogen (secondary N) is 1. The number of carbonyl (C=O) groups excluding carboxylic acids is 3. The van der Waals surface area contributed by atoms with Gasteiger partial charge in [-0.25, -0.2) is 17.1 Å². The van der Waals surface area contributed by atoms with Crippen molar-refractivity contribution in [3.05, 3.63) is 101 Å². The molecule has 0 aromatic heterocycles. The van der Waals surface area contributed by atoms with Crippen LogP contribution in [0.4, 0.5) is 4.39 Å². The molecule has 41 heavy (non-hydrogen) atoms. The molecule has 1 aliphatic carbocycles. The Morgan fingerprint density at radius 2 is 1.59 bits per heavy atom. The largest absolute Gasteiger partial charge is 0.352 e. The summed E-state index contributed by atoms with van der Waals surface area (Å²) in [6.07, 6.45) is 4.84. The Bertz CT molecular complexity index is 1540. The molecule has 0 spiro atoms. The van der Waals surface area contributed by atoms with E-state index < -0.39 is 46.1 Å². The van der Waals surface area contributed by atoms with Crippen molar-refractivity contribution < 1.29 is 27.2 Å². The number of hydrogen-bond acceptors (Lipinski definition) is 5. The molecule has 3 amide bonds. The van der Waals surface area contributed by atoms with Crippen molar-refractivity contribution in [1.82, 2.24) is 14.5 Å². The molecule has 214 valence electrons. The monoisotopic (exact) mass is 577 g/mol. The molecule has 1 N–H and O–H groups in total. The Balaban J connectivity index is 1.50. The molecule has 10 heteroatoms. The maximum absolute atomic E-state index is 14.8. The highest BCUT2D eigenvalue weighted by Crippen LogP contribution is 2.30. The lowest BCUT2D eigenvalue weighted by atomic mass is 9.94. The maximum Gasteiger partial charge on any atom is 0.269 e. The van der Waals surface area contributed by atoms with E-state index in [1.807, 2.05) is 30.3 Å². The molecular formula is C31H32FN3O5S. The zero-order chi connectivity index (χ0) is 29.0. The lowest BCUT2D eigenvalue weighted by molar-refractivity contribution is -0.141. The second kappa shape index (κ2) is 12.2. The van der Waals surface area contributed by atoms with Crippen LogP contribution in [0.25, 0.3) is 0 Å². The number of carbonyl (C=O) groups is 3. The normalized spacial score (nSPS) is 17.1. The molecule has 1 aliphatic heterocycles. The first kappa shape index (κ1) is 28.5. The number of hydrogen-bond donors (Lipinski definition) is 1. The van der Waals surface area contributed by atoms with Gasteiger partial charge in [-0.15, -0.1) is 0 Å². The summed E-state index contributed by atoms with van der Waals surface area (Å²) in [5, 5.41) is 3.08. The number of sulfonamides is 1. The van der Waals surface area contributed by atoms with Crippen molar-refractivity contribution >= 4 is 27.7 Å². The zero-order valence-corrected chi connectivity index (χ0v) is 23.4. The molecule has 0 saturated heterocycles. The summed E-state index contributed by atoms with van der Waals surface area (Å²) in [7, 11) is -4.27. The number of benzene rings is 3. The molecule has 8 nitrogen and oxygen atoms in total. The van der Waals surface area contributed by atoms with Gasteiger partial charge >= 0.3 is 0 Å². The Hall–Kier alpha value is -4.05. The van der Waals surface area contributed by atoms with Gasteiger partial charge in [0.15, 0.2) is 0 Å². The highest BCUT2D eigenvalue weighted by atomic mass is 32.2. The van der Waals surface area contributed by atoms with E-state index >= 15 is 0 Å². The fourth-order valence-electron chi connectivity index (χ4n) is 5.51. The number of halogens is 1. The smallest absolute Gasteiger partial charge is 0.269 e. The van der Waals surface area contributed by atoms with Crippen LogP contribution in [0.2, 0.25) is 0 Å². The maximum atomic E-state index is 14.8. The fraction of sp³-hybridized carbons (Fsp3) is 0.323. The molecule has 1 atom stereocenters. The molecule has 5 rings (SSSR count). The highest BCUT2D eigenvalue weighted by molar-refractivity contribution is 7.90. The van der Waals surface area contributed by atoms with Gasteiger partial charge < -0.3 is 10.2 Å². The van der Waals surface area contributed by atoms with Crippen LogP contribution < -0.4 is 5.32 Å². The summed E-state index contributed by atoms with van der Waals surface area (Å²) in [6.45, 7) is -1.09. The third kappa shape index (κ3) is 6.17. The van der Waals surface area contributed by atoms with Crippen LogP contribution >= 0.6 is 0 Å². The third-order valence-electron chi connectivity index (χ3n) is 7.71. The van der Waals surface area contributed by atoms with E-state index in [4.69, 9.17) is 0 Å². The summed E-state index contributed by atoms with van der Waals surface area (Å²) in [5.41, 5.74) is 0.931. The van der Waals surface area contributed by atoms with Gasteiger partial charge in [0.25, 0.3) is 15.9 Å². The predicted molar refractivity (Wildman–Crippen MR) is 151 cm³/mol. The molecular weight excluding hydrogens is 545 g/mol. The molecule has 1 saturated carbocycles. The SMILES string of the molecule is O=C(NC1CCCCC1)C(Cc1ccccc1)N(Cc1ccccc1F)C(=O)CN1C(=O)c2ccccc2S1(=O)=O. The van der Waals surface area contributed by atoms with Crippen molar-refractivity contribution in [2.24, 2.45) is 0 Å². The van der Waals surface area contributed by atoms with Crippen molar-refractivity contribution in [2.75, 3.05) is 6.54 Å². The molecule has 0 bridgehead atoms. The minimum absolute atomic E-state index is 0.0168. The number of rotatable bonds is 9. The van der Waals surface area contributed by atoms with Gasteiger partial charge in [0.2, 0.25) is 11.8 Å². The Kier molecular flexibility index (Phi) is 8.49. The molecule has 1 heterocycles. The second-order valence-electron chi connectivity index (χ2n) is 10.5. The first-order valence-corrected chi connectivity index (χ1v) is 15.2. The minimum atomic E-state index is -4.27. The van der Waals surface area contributed by atoms with Gasteiger partial charge in [-0.2, -0.15) is 0 Å². The minimum Gasteiger partial charge on any atom is -0.352 e. The van der Waals surface area contributed by atoms with E-state index in [0.717, 1.165) is 37.7 Å². The van der Waals surface area contributed by atoms with Crippen LogP contribution in [-0.2, 0) is 32.6 Å². The van der Waals surface area contributed by atoms with E-state index in [1.165, 1.54) is 41.3 Å². The second-order valence-corrected chi connectivity index (χ2v) is 12.3. The summed E-state index contributed by atoms with van der Waals surface area (Å²) in [4.78, 5) is 41.9. The Morgan fingerprint density at radius 3 is 2.29 bits per heavy atom. The number of fused-ring (bicyclic) bond motifs is 1. The number of amides is 3. The molecule has 1 unspecified atom stereocenters. The van der Waals surface area contributed by atoms with E-state index in [9.17, 15) is 27.2 Å². The summed E-state index contributed by atoms with van der Waals surface area (Å²) < 4.78 is 41.8. The van der Waals surface area contributed by atoms with Gasteiger partial charge in [-0.1, -0.05) is 79.9 Å². The van der Waals surface area contributed by atoms with E-state index in [-0.39, 0.29) is 35.0 Å². The van der Waals surface area contributed by atoms with Gasteiger partial charge in [-0.05, 0) is 36.6 Å². The first-order chi connectivity index (χ1) is 19.8. The topological polar surface area (TPSA) is 104 Å². The Labute approximate surface area is 239 Å². The van der Waals surface area contributed by atoms with Crippen molar-refractivity contribution in [3.8, 4) is 0 Å². The van der Waals surface area contributed by atoms with Crippen molar-refractivity contribution in [3.63, 3.8) is 0 Å². The van der Waals surface area contributed by atoms with Gasteiger partial charge in [0.1, 0.15) is 23.3 Å². The lowest BCUT2D eigenvalue weighted by Crippen LogP contribution is -2.55. The first-order valence-electron chi connectivity index (χ1n) is 13.8. The number of nitrogens with zero attached hydrogens (tertiary/aromatic N) is 2. The van der Waals surface area contributed by atoms with Crippen LogP contribution in [0.5, 0.6) is 0 Å². The molecule has 3 aromatic rings. The average molecular weight is 578 g/mol. The predicted octanol–water partition coefficient (Wildman–Crippen LogP) is 4.06. The van der Waals surface area contributed by atoms with Crippen LogP contribution in [0.1, 0.15) is 53.6 Å². The summed E-state index contributed by atoms with van der Waals surface area (Å²) in [5.74, 6) is -2.55. The third-order valence-corrected chi connectivity index (χ3v) is 9.50. The molecule has 2 aliphatic rings. The Morgan fingerprint density at radius 1 is 0.927 bits per heavy atom. The van der Waals surface area contributed by atoms with Crippen LogP contribution in [0, 0.1) is 5.82 Å².